The number of carbonyl (C=O) groups excluding carboxylic acids is 1. The maximum Gasteiger partial charge on any atom is 0.231 e. The summed E-state index contributed by atoms with van der Waals surface area (Å²) in [5.41, 5.74) is 8.27. The Hall–Kier alpha value is -2.73. The Morgan fingerprint density at radius 1 is 1.22 bits per heavy atom. The molecule has 0 aliphatic rings. The molecule has 0 saturated heterocycles. The van der Waals surface area contributed by atoms with Gasteiger partial charge in [0, 0.05) is 16.6 Å². The van der Waals surface area contributed by atoms with Crippen molar-refractivity contribution in [1.82, 2.24) is 4.98 Å². The van der Waals surface area contributed by atoms with E-state index in [9.17, 15) is 9.18 Å². The van der Waals surface area contributed by atoms with Crippen molar-refractivity contribution in [2.24, 2.45) is 0 Å². The summed E-state index contributed by atoms with van der Waals surface area (Å²) in [6, 6.07) is 13.5. The summed E-state index contributed by atoms with van der Waals surface area (Å²) in [5.74, 6) is -0.760. The van der Waals surface area contributed by atoms with Crippen molar-refractivity contribution in [3.8, 4) is 11.3 Å². The van der Waals surface area contributed by atoms with Crippen molar-refractivity contribution < 1.29 is 9.18 Å². The van der Waals surface area contributed by atoms with E-state index in [2.05, 4.69) is 10.3 Å². The summed E-state index contributed by atoms with van der Waals surface area (Å²) in [5, 5.41) is 5.09. The maximum atomic E-state index is 13.5. The molecule has 3 N–H and O–H groups in total. The number of aromatic nitrogens is 1. The van der Waals surface area contributed by atoms with Gasteiger partial charge in [-0.3, -0.25) is 4.79 Å². The van der Waals surface area contributed by atoms with Crippen LogP contribution in [0, 0.1) is 5.82 Å². The van der Waals surface area contributed by atoms with Crippen LogP contribution in [0.25, 0.3) is 11.3 Å². The lowest BCUT2D eigenvalue weighted by Gasteiger charge is -2.04. The molecule has 1 aromatic heterocycles. The second-order valence-electron chi connectivity index (χ2n) is 4.96. The van der Waals surface area contributed by atoms with Crippen molar-refractivity contribution in [2.45, 2.75) is 6.42 Å². The number of amides is 1. The quantitative estimate of drug-likeness (QED) is 0.718. The van der Waals surface area contributed by atoms with Crippen LogP contribution >= 0.6 is 11.3 Å². The molecule has 0 radical (unpaired) electrons. The van der Waals surface area contributed by atoms with E-state index in [1.807, 2.05) is 23.6 Å². The SMILES string of the molecule is Nc1cccc(-c2csc(CC(=O)Nc3ccccc3F)n2)c1. The van der Waals surface area contributed by atoms with Crippen molar-refractivity contribution >= 4 is 28.6 Å². The number of thiazole rings is 1. The van der Waals surface area contributed by atoms with E-state index in [0.29, 0.717) is 10.7 Å². The van der Waals surface area contributed by atoms with Crippen molar-refractivity contribution in [1.29, 1.82) is 0 Å². The molecular weight excluding hydrogens is 313 g/mol. The minimum Gasteiger partial charge on any atom is -0.399 e. The molecule has 0 saturated carbocycles. The summed E-state index contributed by atoms with van der Waals surface area (Å²) >= 11 is 1.39. The first-order valence-corrected chi connectivity index (χ1v) is 7.84. The van der Waals surface area contributed by atoms with Gasteiger partial charge in [-0.1, -0.05) is 24.3 Å². The minimum atomic E-state index is -0.458. The topological polar surface area (TPSA) is 68.0 Å². The zero-order chi connectivity index (χ0) is 16.2. The molecule has 3 aromatic rings. The first-order chi connectivity index (χ1) is 11.1. The van der Waals surface area contributed by atoms with Gasteiger partial charge in [0.1, 0.15) is 10.8 Å². The van der Waals surface area contributed by atoms with Gasteiger partial charge >= 0.3 is 0 Å². The van der Waals surface area contributed by atoms with Crippen LogP contribution in [0.3, 0.4) is 0 Å². The van der Waals surface area contributed by atoms with Gasteiger partial charge in [0.2, 0.25) is 5.91 Å². The molecule has 3 rings (SSSR count). The molecule has 0 fully saturated rings. The van der Waals surface area contributed by atoms with Crippen LogP contribution in [0.5, 0.6) is 0 Å². The average Bonchev–Trinajstić information content (AvgIpc) is 2.98. The molecule has 0 atom stereocenters. The van der Waals surface area contributed by atoms with E-state index >= 15 is 0 Å². The fourth-order valence-corrected chi connectivity index (χ4v) is 2.92. The molecule has 1 heterocycles. The fourth-order valence-electron chi connectivity index (χ4n) is 2.12. The predicted molar refractivity (Wildman–Crippen MR) is 90.7 cm³/mol. The molecule has 4 nitrogen and oxygen atoms in total. The highest BCUT2D eigenvalue weighted by molar-refractivity contribution is 7.10. The lowest BCUT2D eigenvalue weighted by Crippen LogP contribution is -2.15. The Kier molecular flexibility index (Phi) is 4.34. The van der Waals surface area contributed by atoms with Crippen LogP contribution in [0.4, 0.5) is 15.8 Å². The Labute approximate surface area is 136 Å². The second-order valence-corrected chi connectivity index (χ2v) is 5.90. The molecule has 0 unspecified atom stereocenters. The highest BCUT2D eigenvalue weighted by Crippen LogP contribution is 2.24. The zero-order valence-corrected chi connectivity index (χ0v) is 12.9. The molecule has 2 aromatic carbocycles. The summed E-state index contributed by atoms with van der Waals surface area (Å²) in [7, 11) is 0. The number of benzene rings is 2. The number of nitrogens with one attached hydrogen (secondary N) is 1. The van der Waals surface area contributed by atoms with Crippen LogP contribution < -0.4 is 11.1 Å². The Bertz CT molecular complexity index is 847. The van der Waals surface area contributed by atoms with Gasteiger partial charge in [-0.15, -0.1) is 11.3 Å². The van der Waals surface area contributed by atoms with Crippen LogP contribution in [0.2, 0.25) is 0 Å². The molecule has 1 amide bonds. The number of nitrogens with two attached hydrogens (primary N) is 1. The summed E-state index contributed by atoms with van der Waals surface area (Å²) in [4.78, 5) is 16.4. The largest absolute Gasteiger partial charge is 0.399 e. The number of halogens is 1. The molecule has 0 aliphatic carbocycles. The van der Waals surface area contributed by atoms with Crippen LogP contribution in [-0.4, -0.2) is 10.9 Å². The molecule has 0 bridgehead atoms. The first-order valence-electron chi connectivity index (χ1n) is 6.96. The van der Waals surface area contributed by atoms with E-state index < -0.39 is 5.82 Å². The third-order valence-electron chi connectivity index (χ3n) is 3.19. The summed E-state index contributed by atoms with van der Waals surface area (Å²) < 4.78 is 13.5. The lowest BCUT2D eigenvalue weighted by atomic mass is 10.1. The zero-order valence-electron chi connectivity index (χ0n) is 12.1. The van der Waals surface area contributed by atoms with E-state index in [-0.39, 0.29) is 18.0 Å². The van der Waals surface area contributed by atoms with Crippen LogP contribution in [0.15, 0.2) is 53.9 Å². The maximum absolute atomic E-state index is 13.5. The van der Waals surface area contributed by atoms with Crippen LogP contribution in [0.1, 0.15) is 5.01 Å². The molecule has 0 aliphatic heterocycles. The normalized spacial score (nSPS) is 10.5. The predicted octanol–water partition coefficient (Wildman–Crippen LogP) is 3.71. The van der Waals surface area contributed by atoms with Crippen molar-refractivity contribution in [3.05, 3.63) is 64.7 Å². The van der Waals surface area contributed by atoms with Gasteiger partial charge in [0.15, 0.2) is 0 Å². The third kappa shape index (κ3) is 3.73. The smallest absolute Gasteiger partial charge is 0.231 e. The van der Waals surface area contributed by atoms with Gasteiger partial charge in [-0.25, -0.2) is 9.37 Å². The monoisotopic (exact) mass is 327 g/mol. The molecular formula is C17H14FN3OS. The van der Waals surface area contributed by atoms with Gasteiger partial charge in [-0.05, 0) is 24.3 Å². The number of carbonyl (C=O) groups is 1. The van der Waals surface area contributed by atoms with Gasteiger partial charge < -0.3 is 11.1 Å². The van der Waals surface area contributed by atoms with Gasteiger partial charge in [-0.2, -0.15) is 0 Å². The first kappa shape index (κ1) is 15.2. The number of anilines is 2. The number of rotatable bonds is 4. The van der Waals surface area contributed by atoms with Gasteiger partial charge in [0.05, 0.1) is 17.8 Å². The Morgan fingerprint density at radius 3 is 2.83 bits per heavy atom. The summed E-state index contributed by atoms with van der Waals surface area (Å²) in [6.07, 6.45) is 0.0985. The molecule has 0 spiro atoms. The number of para-hydroxylation sites is 1. The number of hydrogen-bond acceptors (Lipinski definition) is 4. The Balaban J connectivity index is 1.69. The van der Waals surface area contributed by atoms with E-state index in [1.165, 1.54) is 23.5 Å². The van der Waals surface area contributed by atoms with Crippen molar-refractivity contribution in [2.75, 3.05) is 11.1 Å². The standard InChI is InChI=1S/C17H14FN3OS/c18-13-6-1-2-7-14(13)20-16(22)9-17-21-15(10-23-17)11-4-3-5-12(19)8-11/h1-8,10H,9,19H2,(H,20,22). The number of nitrogen functional groups attached to an aromatic ring is 1. The number of hydrogen-bond donors (Lipinski definition) is 2. The lowest BCUT2D eigenvalue weighted by molar-refractivity contribution is -0.115. The van der Waals surface area contributed by atoms with E-state index in [1.54, 1.807) is 18.2 Å². The van der Waals surface area contributed by atoms with E-state index in [4.69, 9.17) is 5.73 Å². The van der Waals surface area contributed by atoms with Gasteiger partial charge in [0.25, 0.3) is 0 Å². The number of nitrogens with zero attached hydrogens (tertiary/aromatic N) is 1. The summed E-state index contributed by atoms with van der Waals surface area (Å²) in [6.45, 7) is 0. The fraction of sp³-hybridized carbons (Fsp3) is 0.0588. The molecule has 23 heavy (non-hydrogen) atoms. The Morgan fingerprint density at radius 2 is 2.04 bits per heavy atom. The molecule has 6 heteroatoms. The van der Waals surface area contributed by atoms with Crippen molar-refractivity contribution in [3.63, 3.8) is 0 Å². The highest BCUT2D eigenvalue weighted by atomic mass is 32.1. The molecule has 116 valence electrons. The van der Waals surface area contributed by atoms with Crippen LogP contribution in [-0.2, 0) is 11.2 Å². The average molecular weight is 327 g/mol. The van der Waals surface area contributed by atoms with E-state index in [0.717, 1.165) is 11.3 Å². The second kappa shape index (κ2) is 6.58. The third-order valence-corrected chi connectivity index (χ3v) is 4.04. The highest BCUT2D eigenvalue weighted by Gasteiger charge is 2.11. The minimum absolute atomic E-state index is 0.0985.